The van der Waals surface area contributed by atoms with Gasteiger partial charge in [0.1, 0.15) is 5.69 Å². The molecule has 1 amide bonds. The van der Waals surface area contributed by atoms with Crippen molar-refractivity contribution in [3.63, 3.8) is 0 Å². The Morgan fingerprint density at radius 2 is 1.95 bits per heavy atom. The van der Waals surface area contributed by atoms with Crippen molar-refractivity contribution in [2.45, 2.75) is 13.8 Å². The van der Waals surface area contributed by atoms with Gasteiger partial charge in [0, 0.05) is 18.7 Å². The molecule has 114 valence electrons. The van der Waals surface area contributed by atoms with Crippen LogP contribution in [0.15, 0.2) is 48.6 Å². The summed E-state index contributed by atoms with van der Waals surface area (Å²) in [6, 6.07) is 11.3. The first-order valence-corrected chi connectivity index (χ1v) is 7.15. The molecule has 0 saturated heterocycles. The van der Waals surface area contributed by atoms with Crippen molar-refractivity contribution in [2.24, 2.45) is 5.73 Å². The third kappa shape index (κ3) is 3.69. The number of amides is 1. The van der Waals surface area contributed by atoms with Crippen molar-refractivity contribution in [3.8, 4) is 11.3 Å². The van der Waals surface area contributed by atoms with Gasteiger partial charge in [-0.1, -0.05) is 42.5 Å². The van der Waals surface area contributed by atoms with Crippen molar-refractivity contribution >= 4 is 11.9 Å². The first kappa shape index (κ1) is 15.7. The summed E-state index contributed by atoms with van der Waals surface area (Å²) < 4.78 is 0. The number of anilines is 1. The van der Waals surface area contributed by atoms with Crippen molar-refractivity contribution in [2.75, 3.05) is 18.0 Å². The van der Waals surface area contributed by atoms with Crippen molar-refractivity contribution < 1.29 is 4.79 Å². The van der Waals surface area contributed by atoms with Crippen LogP contribution in [0.1, 0.15) is 24.3 Å². The number of carbonyl (C=O) groups is 1. The van der Waals surface area contributed by atoms with Gasteiger partial charge in [-0.2, -0.15) is 0 Å². The lowest BCUT2D eigenvalue weighted by Gasteiger charge is -2.21. The van der Waals surface area contributed by atoms with Gasteiger partial charge in [-0.3, -0.25) is 4.79 Å². The SMILES string of the molecule is C=C(C)CN(CC)c1nc(C(N)=O)cc(-c2ccccc2)n1. The fraction of sp³-hybridized carbons (Fsp3) is 0.235. The fourth-order valence-electron chi connectivity index (χ4n) is 2.11. The molecular weight excluding hydrogens is 276 g/mol. The molecule has 2 aromatic rings. The summed E-state index contributed by atoms with van der Waals surface area (Å²) in [5.41, 5.74) is 8.21. The molecule has 22 heavy (non-hydrogen) atoms. The number of likely N-dealkylation sites (N-methyl/N-ethyl adjacent to an activating group) is 1. The van der Waals surface area contributed by atoms with Gasteiger partial charge in [0.2, 0.25) is 5.95 Å². The number of nitrogens with two attached hydrogens (primary N) is 1. The monoisotopic (exact) mass is 296 g/mol. The number of nitrogens with zero attached hydrogens (tertiary/aromatic N) is 3. The van der Waals surface area contributed by atoms with Crippen LogP contribution in [-0.4, -0.2) is 29.0 Å². The molecule has 5 heteroatoms. The highest BCUT2D eigenvalue weighted by molar-refractivity contribution is 5.92. The Labute approximate surface area is 130 Å². The van der Waals surface area contributed by atoms with E-state index in [0.29, 0.717) is 24.7 Å². The summed E-state index contributed by atoms with van der Waals surface area (Å²) in [6.07, 6.45) is 0. The molecule has 1 aromatic carbocycles. The highest BCUT2D eigenvalue weighted by Gasteiger charge is 2.14. The molecular formula is C17H20N4O. The molecule has 0 aliphatic carbocycles. The van der Waals surface area contributed by atoms with Crippen LogP contribution in [0, 0.1) is 0 Å². The Morgan fingerprint density at radius 1 is 1.27 bits per heavy atom. The van der Waals surface area contributed by atoms with E-state index < -0.39 is 5.91 Å². The van der Waals surface area contributed by atoms with E-state index >= 15 is 0 Å². The van der Waals surface area contributed by atoms with E-state index in [-0.39, 0.29) is 5.69 Å². The number of hydrogen-bond acceptors (Lipinski definition) is 4. The Balaban J connectivity index is 2.52. The number of benzene rings is 1. The zero-order valence-electron chi connectivity index (χ0n) is 12.9. The molecule has 0 bridgehead atoms. The van der Waals surface area contributed by atoms with Crippen molar-refractivity contribution in [1.29, 1.82) is 0 Å². The van der Waals surface area contributed by atoms with Crippen LogP contribution < -0.4 is 10.6 Å². The first-order chi connectivity index (χ1) is 10.5. The van der Waals surface area contributed by atoms with Crippen LogP contribution in [0.4, 0.5) is 5.95 Å². The molecule has 0 unspecified atom stereocenters. The predicted molar refractivity (Wildman–Crippen MR) is 88.7 cm³/mol. The topological polar surface area (TPSA) is 72.1 Å². The lowest BCUT2D eigenvalue weighted by atomic mass is 10.1. The number of aromatic nitrogens is 2. The van der Waals surface area contributed by atoms with E-state index in [2.05, 4.69) is 16.5 Å². The lowest BCUT2D eigenvalue weighted by molar-refractivity contribution is 0.0995. The highest BCUT2D eigenvalue weighted by atomic mass is 16.1. The molecule has 2 rings (SSSR count). The summed E-state index contributed by atoms with van der Waals surface area (Å²) in [5, 5.41) is 0. The maximum Gasteiger partial charge on any atom is 0.267 e. The van der Waals surface area contributed by atoms with Gasteiger partial charge in [-0.05, 0) is 19.9 Å². The second kappa shape index (κ2) is 6.85. The zero-order valence-corrected chi connectivity index (χ0v) is 12.9. The maximum atomic E-state index is 11.6. The average Bonchev–Trinajstić information content (AvgIpc) is 2.52. The molecule has 0 atom stereocenters. The van der Waals surface area contributed by atoms with Crippen LogP contribution in [0.2, 0.25) is 0 Å². The van der Waals surface area contributed by atoms with Crippen LogP contribution in [0.3, 0.4) is 0 Å². The van der Waals surface area contributed by atoms with Gasteiger partial charge in [-0.25, -0.2) is 9.97 Å². The van der Waals surface area contributed by atoms with Gasteiger partial charge in [0.15, 0.2) is 0 Å². The molecule has 1 aromatic heterocycles. The quantitative estimate of drug-likeness (QED) is 0.832. The summed E-state index contributed by atoms with van der Waals surface area (Å²) in [5.74, 6) is -0.0761. The van der Waals surface area contributed by atoms with Crippen LogP contribution >= 0.6 is 0 Å². The minimum absolute atomic E-state index is 0.212. The Hall–Kier alpha value is -2.69. The van der Waals surface area contributed by atoms with E-state index in [1.807, 2.05) is 49.1 Å². The zero-order chi connectivity index (χ0) is 16.1. The maximum absolute atomic E-state index is 11.6. The smallest absolute Gasteiger partial charge is 0.267 e. The van der Waals surface area contributed by atoms with Gasteiger partial charge < -0.3 is 10.6 Å². The molecule has 2 N–H and O–H groups in total. The Bertz CT molecular complexity index is 682. The number of carbonyl (C=O) groups excluding carboxylic acids is 1. The minimum Gasteiger partial charge on any atom is -0.364 e. The fourth-order valence-corrected chi connectivity index (χ4v) is 2.11. The van der Waals surface area contributed by atoms with E-state index in [1.54, 1.807) is 6.07 Å². The minimum atomic E-state index is -0.563. The standard InChI is InChI=1S/C17H20N4O/c1-4-21(11-12(2)3)17-19-14(10-15(20-17)16(18)22)13-8-6-5-7-9-13/h5-10H,2,4,11H2,1,3H3,(H2,18,22). The molecule has 0 spiro atoms. The van der Waals surface area contributed by atoms with E-state index in [9.17, 15) is 4.79 Å². The summed E-state index contributed by atoms with van der Waals surface area (Å²) in [6.45, 7) is 9.21. The summed E-state index contributed by atoms with van der Waals surface area (Å²) >= 11 is 0. The third-order valence-corrected chi connectivity index (χ3v) is 3.16. The average molecular weight is 296 g/mol. The Kier molecular flexibility index (Phi) is 4.88. The van der Waals surface area contributed by atoms with Crippen molar-refractivity contribution in [3.05, 3.63) is 54.2 Å². The molecule has 5 nitrogen and oxygen atoms in total. The van der Waals surface area contributed by atoms with E-state index in [4.69, 9.17) is 5.73 Å². The molecule has 0 aliphatic heterocycles. The Morgan fingerprint density at radius 3 is 2.50 bits per heavy atom. The van der Waals surface area contributed by atoms with Crippen LogP contribution in [0.5, 0.6) is 0 Å². The van der Waals surface area contributed by atoms with Crippen LogP contribution in [0.25, 0.3) is 11.3 Å². The number of hydrogen-bond donors (Lipinski definition) is 1. The summed E-state index contributed by atoms with van der Waals surface area (Å²) in [4.78, 5) is 22.4. The molecule has 0 saturated carbocycles. The second-order valence-electron chi connectivity index (χ2n) is 5.14. The second-order valence-corrected chi connectivity index (χ2v) is 5.14. The van der Waals surface area contributed by atoms with Gasteiger partial charge in [0.25, 0.3) is 5.91 Å². The predicted octanol–water partition coefficient (Wildman–Crippen LogP) is 2.64. The van der Waals surface area contributed by atoms with E-state index in [1.165, 1.54) is 0 Å². The van der Waals surface area contributed by atoms with Gasteiger partial charge in [-0.15, -0.1) is 0 Å². The van der Waals surface area contributed by atoms with Crippen LogP contribution in [-0.2, 0) is 0 Å². The molecule has 0 radical (unpaired) electrons. The van der Waals surface area contributed by atoms with Gasteiger partial charge in [0.05, 0.1) is 5.69 Å². The largest absolute Gasteiger partial charge is 0.364 e. The first-order valence-electron chi connectivity index (χ1n) is 7.15. The van der Waals surface area contributed by atoms with Gasteiger partial charge >= 0.3 is 0 Å². The molecule has 0 aliphatic rings. The highest BCUT2D eigenvalue weighted by Crippen LogP contribution is 2.21. The van der Waals surface area contributed by atoms with Crippen molar-refractivity contribution in [1.82, 2.24) is 9.97 Å². The lowest BCUT2D eigenvalue weighted by Crippen LogP contribution is -2.28. The summed E-state index contributed by atoms with van der Waals surface area (Å²) in [7, 11) is 0. The van der Waals surface area contributed by atoms with E-state index in [0.717, 1.165) is 11.1 Å². The number of rotatable bonds is 6. The normalized spacial score (nSPS) is 10.3. The molecule has 0 fully saturated rings. The number of primary amides is 1. The molecule has 1 heterocycles. The third-order valence-electron chi connectivity index (χ3n) is 3.16.